The molecule has 2 aromatic rings. The van der Waals surface area contributed by atoms with Gasteiger partial charge in [0.05, 0.1) is 17.0 Å². The van der Waals surface area contributed by atoms with Gasteiger partial charge in [0, 0.05) is 5.02 Å². The van der Waals surface area contributed by atoms with Crippen LogP contribution in [-0.2, 0) is 9.59 Å². The highest BCUT2D eigenvalue weighted by Crippen LogP contribution is 2.33. The largest absolute Gasteiger partial charge is 0.497 e. The summed E-state index contributed by atoms with van der Waals surface area (Å²) in [5.41, 5.74) is 0.790. The van der Waals surface area contributed by atoms with Gasteiger partial charge in [0.1, 0.15) is 11.5 Å². The van der Waals surface area contributed by atoms with Gasteiger partial charge < -0.3 is 9.47 Å². The average Bonchev–Trinajstić information content (AvgIpc) is 2.94. The number of thioether (sulfide) groups is 1. The van der Waals surface area contributed by atoms with Crippen molar-refractivity contribution in [1.29, 1.82) is 0 Å². The minimum Gasteiger partial charge on any atom is -0.497 e. The molecule has 28 heavy (non-hydrogen) atoms. The van der Waals surface area contributed by atoms with E-state index in [2.05, 4.69) is 0 Å². The Kier molecular flexibility index (Phi) is 6.61. The Hall–Kier alpha value is -2.06. The monoisotopic (exact) mass is 453 g/mol. The predicted octanol–water partition coefficient (Wildman–Crippen LogP) is 4.81. The molecular weight excluding hydrogens is 441 g/mol. The molecule has 1 aliphatic heterocycles. The lowest BCUT2D eigenvalue weighted by Gasteiger charge is -2.13. The third-order valence-electron chi connectivity index (χ3n) is 3.70. The molecule has 1 heterocycles. The van der Waals surface area contributed by atoms with Crippen LogP contribution in [0.25, 0.3) is 6.08 Å². The number of hydrogen-bond donors (Lipinski definition) is 0. The molecule has 0 spiro atoms. The molecule has 2 amide bonds. The van der Waals surface area contributed by atoms with Gasteiger partial charge in [-0.1, -0.05) is 59.3 Å². The van der Waals surface area contributed by atoms with Crippen molar-refractivity contribution >= 4 is 69.4 Å². The van der Waals surface area contributed by atoms with E-state index in [0.717, 1.165) is 22.2 Å². The lowest BCUT2D eigenvalue weighted by molar-refractivity contribution is -0.137. The van der Waals surface area contributed by atoms with E-state index < -0.39 is 11.8 Å². The molecule has 0 unspecified atom stereocenters. The quantitative estimate of drug-likeness (QED) is 0.478. The van der Waals surface area contributed by atoms with Crippen LogP contribution < -0.4 is 9.47 Å². The van der Waals surface area contributed by atoms with Gasteiger partial charge in [-0.3, -0.25) is 9.59 Å². The molecule has 0 aliphatic carbocycles. The molecule has 0 N–H and O–H groups in total. The molecule has 0 aromatic heterocycles. The number of rotatable bonds is 5. The standard InChI is InChI=1S/C19H13Cl2NO4S2/c1-25-13-5-2-11(3-6-13)8-16-18(24)22(19(27)28-16)17(23)10-26-15-7-4-12(20)9-14(15)21/h2-9H,10H2,1H3/b16-8-. The summed E-state index contributed by atoms with van der Waals surface area (Å²) < 4.78 is 10.7. The summed E-state index contributed by atoms with van der Waals surface area (Å²) in [7, 11) is 1.57. The van der Waals surface area contributed by atoms with Gasteiger partial charge in [-0.15, -0.1) is 0 Å². The van der Waals surface area contributed by atoms with Crippen LogP contribution in [0.1, 0.15) is 5.56 Å². The van der Waals surface area contributed by atoms with Crippen LogP contribution >= 0.6 is 47.2 Å². The van der Waals surface area contributed by atoms with Gasteiger partial charge in [0.15, 0.2) is 10.9 Å². The number of carbonyl (C=O) groups excluding carboxylic acids is 2. The van der Waals surface area contributed by atoms with Crippen LogP contribution in [0.2, 0.25) is 10.0 Å². The van der Waals surface area contributed by atoms with Crippen LogP contribution in [0, 0.1) is 0 Å². The van der Waals surface area contributed by atoms with E-state index in [4.69, 9.17) is 44.9 Å². The first-order chi connectivity index (χ1) is 13.4. The highest BCUT2D eigenvalue weighted by atomic mass is 35.5. The second-order valence-electron chi connectivity index (χ2n) is 5.55. The van der Waals surface area contributed by atoms with Crippen molar-refractivity contribution in [3.05, 3.63) is 63.0 Å². The van der Waals surface area contributed by atoms with Gasteiger partial charge in [-0.05, 0) is 42.0 Å². The first-order valence-electron chi connectivity index (χ1n) is 7.91. The number of hydrogen-bond acceptors (Lipinski definition) is 6. The zero-order valence-electron chi connectivity index (χ0n) is 14.5. The summed E-state index contributed by atoms with van der Waals surface area (Å²) in [5.74, 6) is -0.0650. The lowest BCUT2D eigenvalue weighted by Crippen LogP contribution is -2.38. The third-order valence-corrected chi connectivity index (χ3v) is 5.53. The van der Waals surface area contributed by atoms with Crippen molar-refractivity contribution in [3.8, 4) is 11.5 Å². The lowest BCUT2D eigenvalue weighted by atomic mass is 10.2. The van der Waals surface area contributed by atoms with E-state index >= 15 is 0 Å². The maximum absolute atomic E-state index is 12.6. The second kappa shape index (κ2) is 8.96. The van der Waals surface area contributed by atoms with Crippen molar-refractivity contribution in [2.75, 3.05) is 13.7 Å². The van der Waals surface area contributed by atoms with Gasteiger partial charge in [-0.25, -0.2) is 4.90 Å². The maximum atomic E-state index is 12.6. The molecule has 0 bridgehead atoms. The van der Waals surface area contributed by atoms with Gasteiger partial charge in [-0.2, -0.15) is 0 Å². The molecule has 1 fully saturated rings. The van der Waals surface area contributed by atoms with Crippen molar-refractivity contribution in [1.82, 2.24) is 4.90 Å². The topological polar surface area (TPSA) is 55.8 Å². The zero-order chi connectivity index (χ0) is 20.3. The fourth-order valence-electron chi connectivity index (χ4n) is 2.33. The third kappa shape index (κ3) is 4.67. The maximum Gasteiger partial charge on any atom is 0.273 e. The van der Waals surface area contributed by atoms with Crippen molar-refractivity contribution in [2.24, 2.45) is 0 Å². The Morgan fingerprint density at radius 2 is 1.93 bits per heavy atom. The minimum absolute atomic E-state index is 0.153. The molecule has 1 saturated heterocycles. The number of carbonyl (C=O) groups is 2. The predicted molar refractivity (Wildman–Crippen MR) is 115 cm³/mol. The summed E-state index contributed by atoms with van der Waals surface area (Å²) in [5, 5.41) is 0.717. The Morgan fingerprint density at radius 1 is 1.21 bits per heavy atom. The van der Waals surface area contributed by atoms with Crippen LogP contribution in [0.5, 0.6) is 11.5 Å². The Morgan fingerprint density at radius 3 is 2.57 bits per heavy atom. The van der Waals surface area contributed by atoms with Gasteiger partial charge in [0.25, 0.3) is 11.8 Å². The number of methoxy groups -OCH3 is 1. The SMILES string of the molecule is COc1ccc(/C=C2\SC(=S)N(C(=O)COc3ccc(Cl)cc3Cl)C2=O)cc1. The smallest absolute Gasteiger partial charge is 0.273 e. The molecule has 144 valence electrons. The molecule has 0 saturated carbocycles. The molecule has 2 aromatic carbocycles. The summed E-state index contributed by atoms with van der Waals surface area (Å²) in [6.07, 6.45) is 1.67. The molecule has 1 aliphatic rings. The van der Waals surface area contributed by atoms with Gasteiger partial charge in [0.2, 0.25) is 0 Å². The number of benzene rings is 2. The molecule has 5 nitrogen and oxygen atoms in total. The molecule has 0 radical (unpaired) electrons. The van der Waals surface area contributed by atoms with Crippen LogP contribution in [-0.4, -0.2) is 34.8 Å². The Labute approximate surface area is 181 Å². The normalized spacial score (nSPS) is 15.2. The van der Waals surface area contributed by atoms with Crippen LogP contribution in [0.3, 0.4) is 0 Å². The Bertz CT molecular complexity index is 976. The highest BCUT2D eigenvalue weighted by molar-refractivity contribution is 8.26. The number of halogens is 2. The average molecular weight is 454 g/mol. The van der Waals surface area contributed by atoms with Crippen LogP contribution in [0.4, 0.5) is 0 Å². The van der Waals surface area contributed by atoms with Gasteiger partial charge >= 0.3 is 0 Å². The fraction of sp³-hybridized carbons (Fsp3) is 0.105. The van der Waals surface area contributed by atoms with Crippen molar-refractivity contribution in [3.63, 3.8) is 0 Å². The molecule has 3 rings (SSSR count). The van der Waals surface area contributed by atoms with Crippen molar-refractivity contribution in [2.45, 2.75) is 0 Å². The number of nitrogens with zero attached hydrogens (tertiary/aromatic N) is 1. The summed E-state index contributed by atoms with van der Waals surface area (Å²) >= 11 is 18.1. The van der Waals surface area contributed by atoms with E-state index in [1.165, 1.54) is 6.07 Å². The molecular formula is C19H13Cl2NO4S2. The molecule has 0 atom stereocenters. The number of ether oxygens (including phenoxy) is 2. The molecule has 9 heteroatoms. The first kappa shape index (κ1) is 20.7. The van der Waals surface area contributed by atoms with Crippen molar-refractivity contribution < 1.29 is 19.1 Å². The summed E-state index contributed by atoms with van der Waals surface area (Å²) in [6, 6.07) is 11.8. The summed E-state index contributed by atoms with van der Waals surface area (Å²) in [6.45, 7) is -0.385. The number of amides is 2. The fourth-order valence-corrected chi connectivity index (χ4v) is 4.09. The zero-order valence-corrected chi connectivity index (χ0v) is 17.6. The van der Waals surface area contributed by atoms with E-state index in [1.54, 1.807) is 49.6 Å². The first-order valence-corrected chi connectivity index (χ1v) is 9.90. The van der Waals surface area contributed by atoms with E-state index in [0.29, 0.717) is 21.4 Å². The summed E-state index contributed by atoms with van der Waals surface area (Å²) in [4.78, 5) is 26.4. The number of imide groups is 1. The van der Waals surface area contributed by atoms with E-state index in [9.17, 15) is 9.59 Å². The van der Waals surface area contributed by atoms with E-state index in [1.807, 2.05) is 0 Å². The second-order valence-corrected chi connectivity index (χ2v) is 8.07. The number of thiocarbonyl (C=S) groups is 1. The highest BCUT2D eigenvalue weighted by Gasteiger charge is 2.37. The Balaban J connectivity index is 1.69. The van der Waals surface area contributed by atoms with Crippen LogP contribution in [0.15, 0.2) is 47.4 Å². The minimum atomic E-state index is -0.577. The van der Waals surface area contributed by atoms with E-state index in [-0.39, 0.29) is 16.0 Å².